The van der Waals surface area contributed by atoms with Crippen LogP contribution in [0.2, 0.25) is 0 Å². The van der Waals surface area contributed by atoms with Crippen LogP contribution in [-0.4, -0.2) is 115 Å². The van der Waals surface area contributed by atoms with Gasteiger partial charge in [0.15, 0.2) is 0 Å². The molecule has 0 radical (unpaired) electrons. The minimum absolute atomic E-state index is 0.00800. The number of carboxylic acid groups (broad SMARTS) is 1. The Balaban J connectivity index is 6.09. The van der Waals surface area contributed by atoms with Gasteiger partial charge in [0.1, 0.15) is 36.3 Å². The fourth-order valence-corrected chi connectivity index (χ4v) is 5.36. The second kappa shape index (κ2) is 26.0. The van der Waals surface area contributed by atoms with E-state index in [1.54, 1.807) is 13.8 Å². The van der Waals surface area contributed by atoms with E-state index in [0.29, 0.717) is 0 Å². The number of aliphatic carboxylic acids is 1. The van der Waals surface area contributed by atoms with E-state index in [1.165, 1.54) is 0 Å². The van der Waals surface area contributed by atoms with Crippen LogP contribution in [0, 0.1) is 17.8 Å². The molecule has 7 atom stereocenters. The summed E-state index contributed by atoms with van der Waals surface area (Å²) in [6.07, 6.45) is 0.729. The van der Waals surface area contributed by atoms with Crippen LogP contribution in [0.1, 0.15) is 86.5 Å². The van der Waals surface area contributed by atoms with E-state index in [1.807, 2.05) is 27.7 Å². The highest BCUT2D eigenvalue weighted by molar-refractivity contribution is 5.97. The SMILES string of the molecule is CC(C)C[C@H](NC(=O)[C@H](CCN)NC(=O)[C@H](CCN)NC(=O)[C@H](CC(C)C)NC(=O)[C@@H](CC(C)C)NC(=O)[C@H](CCN)NC(=O)[C@@H](N)CCN)C(=O)O. The molecule has 0 unspecified atom stereocenters. The molecule has 0 spiro atoms. The first-order chi connectivity index (χ1) is 24.8. The summed E-state index contributed by atoms with van der Waals surface area (Å²) in [5, 5.41) is 25.1. The van der Waals surface area contributed by atoms with Crippen molar-refractivity contribution in [2.24, 2.45) is 46.4 Å². The van der Waals surface area contributed by atoms with E-state index in [2.05, 4.69) is 31.9 Å². The van der Waals surface area contributed by atoms with E-state index in [-0.39, 0.29) is 88.9 Å². The third-order valence-corrected chi connectivity index (χ3v) is 8.08. The Kier molecular flexibility index (Phi) is 24.0. The largest absolute Gasteiger partial charge is 0.480 e. The highest BCUT2D eigenvalue weighted by Gasteiger charge is 2.34. The lowest BCUT2D eigenvalue weighted by Crippen LogP contribution is -2.60. The van der Waals surface area contributed by atoms with Gasteiger partial charge in [0.05, 0.1) is 6.04 Å². The standard InChI is InChI=1S/C34H67N11O8/c1-18(2)15-25(44-33(51)26(16-19(3)4)43-30(48)22(8-12-36)40-28(46)21(39)7-11-35)32(50)42-23(9-13-37)29(47)41-24(10-14-38)31(49)45-27(34(52)53)17-20(5)6/h18-27H,7-17,35-39H2,1-6H3,(H,40,46)(H,41,47)(H,42,50)(H,43,48)(H,44,51)(H,45,49)(H,52,53)/t21-,22-,23-,24-,25-,26+,27-/m0/s1. The zero-order valence-electron chi connectivity index (χ0n) is 32.2. The van der Waals surface area contributed by atoms with Crippen molar-refractivity contribution >= 4 is 41.4 Å². The molecular weight excluding hydrogens is 690 g/mol. The molecule has 0 saturated carbocycles. The zero-order valence-corrected chi connectivity index (χ0v) is 32.2. The van der Waals surface area contributed by atoms with Crippen molar-refractivity contribution in [2.75, 3.05) is 26.2 Å². The summed E-state index contributed by atoms with van der Waals surface area (Å²) < 4.78 is 0. The minimum Gasteiger partial charge on any atom is -0.480 e. The van der Waals surface area contributed by atoms with Crippen LogP contribution in [0.4, 0.5) is 0 Å². The Morgan fingerprint density at radius 2 is 0.660 bits per heavy atom. The lowest BCUT2D eigenvalue weighted by Gasteiger charge is -2.28. The quantitative estimate of drug-likeness (QED) is 0.0394. The van der Waals surface area contributed by atoms with Crippen LogP contribution in [0.5, 0.6) is 0 Å². The first-order valence-corrected chi connectivity index (χ1v) is 18.4. The van der Waals surface area contributed by atoms with Crippen LogP contribution in [0.25, 0.3) is 0 Å². The Morgan fingerprint density at radius 1 is 0.415 bits per heavy atom. The molecule has 0 aliphatic carbocycles. The highest BCUT2D eigenvalue weighted by Crippen LogP contribution is 2.11. The topological polar surface area (TPSA) is 342 Å². The predicted octanol–water partition coefficient (Wildman–Crippen LogP) is -3.16. The Hall–Kier alpha value is -3.91. The maximum absolute atomic E-state index is 13.7. The molecule has 0 bridgehead atoms. The van der Waals surface area contributed by atoms with Gasteiger partial charge in [-0.3, -0.25) is 28.8 Å². The van der Waals surface area contributed by atoms with Gasteiger partial charge in [0.25, 0.3) is 0 Å². The smallest absolute Gasteiger partial charge is 0.326 e. The lowest BCUT2D eigenvalue weighted by molar-refractivity contribution is -0.142. The summed E-state index contributed by atoms with van der Waals surface area (Å²) in [5.74, 6) is -5.57. The number of nitrogens with two attached hydrogens (primary N) is 5. The first-order valence-electron chi connectivity index (χ1n) is 18.4. The molecule has 0 aromatic heterocycles. The van der Waals surface area contributed by atoms with Crippen molar-refractivity contribution < 1.29 is 38.7 Å². The molecule has 0 aliphatic heterocycles. The molecular formula is C34H67N11O8. The molecule has 0 aromatic rings. The predicted molar refractivity (Wildman–Crippen MR) is 200 cm³/mol. The van der Waals surface area contributed by atoms with Gasteiger partial charge in [-0.05, 0) is 88.9 Å². The summed E-state index contributed by atoms with van der Waals surface area (Å²) >= 11 is 0. The van der Waals surface area contributed by atoms with Gasteiger partial charge in [-0.25, -0.2) is 4.79 Å². The van der Waals surface area contributed by atoms with Crippen LogP contribution in [-0.2, 0) is 33.6 Å². The molecule has 306 valence electrons. The number of carbonyl (C=O) groups excluding carboxylic acids is 6. The van der Waals surface area contributed by atoms with Crippen LogP contribution in [0.15, 0.2) is 0 Å². The van der Waals surface area contributed by atoms with Crippen molar-refractivity contribution in [1.29, 1.82) is 0 Å². The Labute approximate surface area is 313 Å². The fraction of sp³-hybridized carbons (Fsp3) is 0.794. The van der Waals surface area contributed by atoms with Crippen molar-refractivity contribution in [3.05, 3.63) is 0 Å². The number of hydrogen-bond acceptors (Lipinski definition) is 12. The van der Waals surface area contributed by atoms with E-state index >= 15 is 0 Å². The van der Waals surface area contributed by atoms with Gasteiger partial charge >= 0.3 is 5.97 Å². The molecule has 0 aliphatic rings. The molecule has 17 N–H and O–H groups in total. The third-order valence-electron chi connectivity index (χ3n) is 8.08. The van der Waals surface area contributed by atoms with E-state index in [4.69, 9.17) is 28.7 Å². The summed E-state index contributed by atoms with van der Waals surface area (Å²) in [6.45, 7) is 11.2. The van der Waals surface area contributed by atoms with Crippen molar-refractivity contribution in [2.45, 2.75) is 129 Å². The number of amides is 6. The number of carboxylic acids is 1. The van der Waals surface area contributed by atoms with Crippen molar-refractivity contribution in [3.8, 4) is 0 Å². The number of hydrogen-bond donors (Lipinski definition) is 12. The second-order valence-corrected chi connectivity index (χ2v) is 14.5. The molecule has 0 heterocycles. The van der Waals surface area contributed by atoms with E-state index < -0.39 is 83.7 Å². The molecule has 0 rings (SSSR count). The molecule has 19 nitrogen and oxygen atoms in total. The molecule has 0 fully saturated rings. The normalized spacial score (nSPS) is 15.4. The average Bonchev–Trinajstić information content (AvgIpc) is 3.05. The van der Waals surface area contributed by atoms with Gasteiger partial charge in [-0.2, -0.15) is 0 Å². The third kappa shape index (κ3) is 19.7. The summed E-state index contributed by atoms with van der Waals surface area (Å²) in [4.78, 5) is 91.5. The molecule has 53 heavy (non-hydrogen) atoms. The molecule has 0 aromatic carbocycles. The van der Waals surface area contributed by atoms with E-state index in [9.17, 15) is 38.7 Å². The summed E-state index contributed by atoms with van der Waals surface area (Å²) in [6, 6.07) is -7.89. The Bertz CT molecular complexity index is 1190. The highest BCUT2D eigenvalue weighted by atomic mass is 16.4. The Morgan fingerprint density at radius 3 is 0.943 bits per heavy atom. The second-order valence-electron chi connectivity index (χ2n) is 14.5. The van der Waals surface area contributed by atoms with Gasteiger partial charge in [0, 0.05) is 0 Å². The molecule has 6 amide bonds. The van der Waals surface area contributed by atoms with Gasteiger partial charge in [0.2, 0.25) is 35.4 Å². The minimum atomic E-state index is -1.23. The average molecular weight is 758 g/mol. The monoisotopic (exact) mass is 758 g/mol. The van der Waals surface area contributed by atoms with Crippen molar-refractivity contribution in [1.82, 2.24) is 31.9 Å². The maximum Gasteiger partial charge on any atom is 0.326 e. The van der Waals surface area contributed by atoms with Crippen LogP contribution < -0.4 is 60.6 Å². The fourth-order valence-electron chi connectivity index (χ4n) is 5.36. The lowest BCUT2D eigenvalue weighted by atomic mass is 9.99. The van der Waals surface area contributed by atoms with E-state index in [0.717, 1.165) is 0 Å². The maximum atomic E-state index is 13.7. The number of carbonyl (C=O) groups is 7. The first kappa shape index (κ1) is 49.1. The van der Waals surface area contributed by atoms with Crippen molar-refractivity contribution in [3.63, 3.8) is 0 Å². The van der Waals surface area contributed by atoms with Crippen LogP contribution >= 0.6 is 0 Å². The summed E-state index contributed by atoms with van der Waals surface area (Å²) in [5.41, 5.74) is 28.5. The number of rotatable bonds is 27. The molecule has 0 saturated heterocycles. The van der Waals surface area contributed by atoms with Crippen LogP contribution in [0.3, 0.4) is 0 Å². The van der Waals surface area contributed by atoms with Gasteiger partial charge < -0.3 is 65.7 Å². The molecule has 19 heteroatoms. The zero-order chi connectivity index (χ0) is 40.8. The summed E-state index contributed by atoms with van der Waals surface area (Å²) in [7, 11) is 0. The number of nitrogens with one attached hydrogen (secondary N) is 6. The van der Waals surface area contributed by atoms with Gasteiger partial charge in [-0.1, -0.05) is 41.5 Å². The van der Waals surface area contributed by atoms with Gasteiger partial charge in [-0.15, -0.1) is 0 Å².